The second-order valence-electron chi connectivity index (χ2n) is 3.41. The minimum Gasteiger partial charge on any atom is -0.480 e. The van der Waals surface area contributed by atoms with Crippen molar-refractivity contribution in [1.82, 2.24) is 0 Å². The van der Waals surface area contributed by atoms with E-state index in [1.165, 1.54) is 0 Å². The number of ether oxygens (including phenoxy) is 2. The minimum atomic E-state index is -0.408. The van der Waals surface area contributed by atoms with E-state index in [0.29, 0.717) is 22.4 Å². The molecule has 5 heteroatoms. The molecule has 94 valence electrons. The van der Waals surface area contributed by atoms with E-state index in [4.69, 9.17) is 32.7 Å². The third-order valence-electron chi connectivity index (χ3n) is 2.02. The normalized spacial score (nSPS) is 10.1. The Morgan fingerprint density at radius 3 is 2.82 bits per heavy atom. The molecular formula is C12H14Cl2O3. The van der Waals surface area contributed by atoms with Gasteiger partial charge in [0.2, 0.25) is 0 Å². The first kappa shape index (κ1) is 14.1. The molecule has 0 fully saturated rings. The van der Waals surface area contributed by atoms with Gasteiger partial charge < -0.3 is 9.47 Å². The van der Waals surface area contributed by atoms with Crippen LogP contribution in [0.5, 0.6) is 5.75 Å². The van der Waals surface area contributed by atoms with Gasteiger partial charge in [0.25, 0.3) is 0 Å². The highest BCUT2D eigenvalue weighted by Gasteiger charge is 2.08. The molecule has 17 heavy (non-hydrogen) atoms. The van der Waals surface area contributed by atoms with E-state index in [-0.39, 0.29) is 6.61 Å². The van der Waals surface area contributed by atoms with Crippen LogP contribution in [-0.2, 0) is 9.53 Å². The zero-order valence-corrected chi connectivity index (χ0v) is 11.1. The van der Waals surface area contributed by atoms with Crippen LogP contribution < -0.4 is 4.74 Å². The summed E-state index contributed by atoms with van der Waals surface area (Å²) in [5, 5.41) is 0.694. The van der Waals surface area contributed by atoms with Gasteiger partial charge in [0.05, 0.1) is 11.6 Å². The first-order chi connectivity index (χ1) is 8.15. The van der Waals surface area contributed by atoms with E-state index < -0.39 is 5.97 Å². The lowest BCUT2D eigenvalue weighted by Gasteiger charge is -2.08. The van der Waals surface area contributed by atoms with Crippen LogP contribution >= 0.6 is 23.2 Å². The van der Waals surface area contributed by atoms with Crippen molar-refractivity contribution < 1.29 is 14.3 Å². The molecule has 0 saturated carbocycles. The van der Waals surface area contributed by atoms with Gasteiger partial charge in [-0.05, 0) is 18.6 Å². The van der Waals surface area contributed by atoms with Crippen LogP contribution in [0.1, 0.15) is 19.8 Å². The number of carbonyl (C=O) groups is 1. The van der Waals surface area contributed by atoms with Gasteiger partial charge in [-0.25, -0.2) is 4.79 Å². The van der Waals surface area contributed by atoms with E-state index in [1.54, 1.807) is 18.2 Å². The summed E-state index contributed by atoms with van der Waals surface area (Å²) in [5.74, 6) is -0.0268. The first-order valence-electron chi connectivity index (χ1n) is 5.37. The summed E-state index contributed by atoms with van der Waals surface area (Å²) < 4.78 is 10.2. The molecule has 1 aromatic carbocycles. The number of hydrogen-bond donors (Lipinski definition) is 0. The van der Waals surface area contributed by atoms with Crippen LogP contribution in [0, 0.1) is 0 Å². The van der Waals surface area contributed by atoms with Crippen LogP contribution in [0.3, 0.4) is 0 Å². The van der Waals surface area contributed by atoms with Crippen molar-refractivity contribution in [3.63, 3.8) is 0 Å². The van der Waals surface area contributed by atoms with Gasteiger partial charge in [0.15, 0.2) is 6.61 Å². The van der Waals surface area contributed by atoms with Gasteiger partial charge in [-0.15, -0.1) is 0 Å². The maximum atomic E-state index is 11.3. The van der Waals surface area contributed by atoms with Crippen molar-refractivity contribution in [3.8, 4) is 5.75 Å². The summed E-state index contributed by atoms with van der Waals surface area (Å²) in [6.45, 7) is 2.28. The van der Waals surface area contributed by atoms with Crippen molar-refractivity contribution in [2.75, 3.05) is 13.2 Å². The number of benzene rings is 1. The Kier molecular flexibility index (Phi) is 6.16. The molecule has 0 atom stereocenters. The Morgan fingerprint density at radius 1 is 1.35 bits per heavy atom. The number of halogens is 2. The lowest BCUT2D eigenvalue weighted by Crippen LogP contribution is -2.15. The fourth-order valence-electron chi connectivity index (χ4n) is 1.10. The quantitative estimate of drug-likeness (QED) is 0.587. The fraction of sp³-hybridized carbons (Fsp3) is 0.417. The summed E-state index contributed by atoms with van der Waals surface area (Å²) in [5.41, 5.74) is 0. The standard InChI is InChI=1S/C12H14Cl2O3/c1-2-3-7-16-11(15)8-17-10-6-4-5-9(13)12(10)14/h4-6H,2-3,7-8H2,1H3. The van der Waals surface area contributed by atoms with Crippen molar-refractivity contribution >= 4 is 29.2 Å². The number of unbranched alkanes of at least 4 members (excludes halogenated alkanes) is 1. The molecule has 0 amide bonds. The molecule has 0 aliphatic rings. The molecule has 1 aromatic rings. The average molecular weight is 277 g/mol. The fourth-order valence-corrected chi connectivity index (χ4v) is 1.45. The molecule has 0 aromatic heterocycles. The number of carbonyl (C=O) groups excluding carboxylic acids is 1. The van der Waals surface area contributed by atoms with E-state index in [1.807, 2.05) is 6.92 Å². The average Bonchev–Trinajstić information content (AvgIpc) is 2.31. The SMILES string of the molecule is CCCCOC(=O)COc1cccc(Cl)c1Cl. The van der Waals surface area contributed by atoms with Gasteiger partial charge in [-0.2, -0.15) is 0 Å². The molecule has 0 unspecified atom stereocenters. The number of hydrogen-bond acceptors (Lipinski definition) is 3. The molecule has 0 radical (unpaired) electrons. The molecule has 0 aliphatic carbocycles. The molecule has 0 spiro atoms. The summed E-state index contributed by atoms with van der Waals surface area (Å²) in [6, 6.07) is 5.00. The monoisotopic (exact) mass is 276 g/mol. The highest BCUT2D eigenvalue weighted by atomic mass is 35.5. The Bertz CT molecular complexity index is 380. The van der Waals surface area contributed by atoms with Crippen molar-refractivity contribution in [2.45, 2.75) is 19.8 Å². The summed E-state index contributed by atoms with van der Waals surface area (Å²) in [7, 11) is 0. The van der Waals surface area contributed by atoms with Gasteiger partial charge in [-0.1, -0.05) is 42.6 Å². The summed E-state index contributed by atoms with van der Waals surface area (Å²) in [6.07, 6.45) is 1.83. The number of esters is 1. The predicted molar refractivity (Wildman–Crippen MR) is 67.8 cm³/mol. The minimum absolute atomic E-state index is 0.163. The highest BCUT2D eigenvalue weighted by Crippen LogP contribution is 2.31. The third kappa shape index (κ3) is 4.84. The lowest BCUT2D eigenvalue weighted by atomic mass is 10.3. The van der Waals surface area contributed by atoms with Crippen LogP contribution in [0.4, 0.5) is 0 Å². The van der Waals surface area contributed by atoms with E-state index in [9.17, 15) is 4.79 Å². The maximum absolute atomic E-state index is 11.3. The topological polar surface area (TPSA) is 35.5 Å². The predicted octanol–water partition coefficient (Wildman–Crippen LogP) is 3.72. The second kappa shape index (κ2) is 7.41. The molecule has 3 nitrogen and oxygen atoms in total. The molecule has 0 heterocycles. The summed E-state index contributed by atoms with van der Waals surface area (Å²) >= 11 is 11.7. The molecular weight excluding hydrogens is 263 g/mol. The molecule has 0 bridgehead atoms. The van der Waals surface area contributed by atoms with Gasteiger partial charge in [0.1, 0.15) is 10.8 Å². The largest absolute Gasteiger partial charge is 0.480 e. The Hall–Kier alpha value is -0.930. The van der Waals surface area contributed by atoms with Gasteiger partial charge in [0, 0.05) is 0 Å². The van der Waals surface area contributed by atoms with E-state index >= 15 is 0 Å². The van der Waals surface area contributed by atoms with E-state index in [0.717, 1.165) is 12.8 Å². The lowest BCUT2D eigenvalue weighted by molar-refractivity contribution is -0.146. The first-order valence-corrected chi connectivity index (χ1v) is 6.13. The smallest absolute Gasteiger partial charge is 0.344 e. The van der Waals surface area contributed by atoms with Crippen LogP contribution in [0.15, 0.2) is 18.2 Å². The number of rotatable bonds is 6. The highest BCUT2D eigenvalue weighted by molar-refractivity contribution is 6.42. The van der Waals surface area contributed by atoms with Crippen molar-refractivity contribution in [2.24, 2.45) is 0 Å². The Labute approximate surface area is 111 Å². The van der Waals surface area contributed by atoms with Crippen molar-refractivity contribution in [1.29, 1.82) is 0 Å². The van der Waals surface area contributed by atoms with Crippen LogP contribution in [0.25, 0.3) is 0 Å². The van der Waals surface area contributed by atoms with E-state index in [2.05, 4.69) is 0 Å². The van der Waals surface area contributed by atoms with Gasteiger partial charge >= 0.3 is 5.97 Å². The third-order valence-corrected chi connectivity index (χ3v) is 2.82. The molecule has 0 N–H and O–H groups in total. The molecule has 0 saturated heterocycles. The summed E-state index contributed by atoms with van der Waals surface area (Å²) in [4.78, 5) is 11.3. The van der Waals surface area contributed by atoms with Crippen LogP contribution in [-0.4, -0.2) is 19.2 Å². The second-order valence-corrected chi connectivity index (χ2v) is 4.20. The zero-order valence-electron chi connectivity index (χ0n) is 9.54. The van der Waals surface area contributed by atoms with Crippen LogP contribution in [0.2, 0.25) is 10.0 Å². The zero-order chi connectivity index (χ0) is 12.7. The maximum Gasteiger partial charge on any atom is 0.344 e. The molecule has 1 rings (SSSR count). The molecule has 0 aliphatic heterocycles. The van der Waals surface area contributed by atoms with Gasteiger partial charge in [-0.3, -0.25) is 0 Å². The Morgan fingerprint density at radius 2 is 2.12 bits per heavy atom. The van der Waals surface area contributed by atoms with Crippen molar-refractivity contribution in [3.05, 3.63) is 28.2 Å². The Balaban J connectivity index is 2.39.